The molecule has 0 bridgehead atoms. The number of carbonyl (C=O) groups is 2. The maximum atomic E-state index is 14.8. The van der Waals surface area contributed by atoms with Crippen molar-refractivity contribution in [3.8, 4) is 0 Å². The number of hydrogen-bond donors (Lipinski definition) is 3. The lowest BCUT2D eigenvalue weighted by Crippen LogP contribution is -2.50. The van der Waals surface area contributed by atoms with E-state index in [-0.39, 0.29) is 31.5 Å². The number of hydrogen-bond acceptors (Lipinski definition) is 6. The number of amides is 2. The quantitative estimate of drug-likeness (QED) is 0.257. The Morgan fingerprint density at radius 2 is 1.95 bits per heavy atom. The van der Waals surface area contributed by atoms with Gasteiger partial charge in [0.2, 0.25) is 17.8 Å². The number of benzene rings is 1. The van der Waals surface area contributed by atoms with Gasteiger partial charge in [0.15, 0.2) is 0 Å². The van der Waals surface area contributed by atoms with Crippen molar-refractivity contribution in [2.45, 2.75) is 63.3 Å². The molecule has 3 atom stereocenters. The smallest absolute Gasteiger partial charge is 0.244 e. The van der Waals surface area contributed by atoms with Gasteiger partial charge in [-0.2, -0.15) is 4.39 Å². The first kappa shape index (κ1) is 26.5. The highest BCUT2D eigenvalue weighted by molar-refractivity contribution is 5.89. The van der Waals surface area contributed by atoms with Crippen LogP contribution in [0.15, 0.2) is 54.9 Å². The topological polar surface area (TPSA) is 104 Å². The molecule has 4 N–H and O–H groups in total. The van der Waals surface area contributed by atoms with Crippen LogP contribution in [0.3, 0.4) is 0 Å². The van der Waals surface area contributed by atoms with Gasteiger partial charge in [-0.1, -0.05) is 36.4 Å². The van der Waals surface area contributed by atoms with Gasteiger partial charge in [0, 0.05) is 30.4 Å². The molecule has 8 nitrogen and oxygen atoms in total. The Kier molecular flexibility index (Phi) is 8.38. The second kappa shape index (κ2) is 11.7. The molecule has 1 saturated heterocycles. The second-order valence-electron chi connectivity index (χ2n) is 9.95. The average molecular weight is 513 g/mol. The molecule has 1 aliphatic carbocycles. The summed E-state index contributed by atoms with van der Waals surface area (Å²) in [7, 11) is 0. The number of rotatable bonds is 10. The predicted molar refractivity (Wildman–Crippen MR) is 136 cm³/mol. The van der Waals surface area contributed by atoms with Crippen LogP contribution in [0.1, 0.15) is 61.9 Å². The molecule has 2 heterocycles. The van der Waals surface area contributed by atoms with Crippen molar-refractivity contribution in [3.63, 3.8) is 0 Å². The highest BCUT2D eigenvalue weighted by Gasteiger charge is 2.41. The van der Waals surface area contributed by atoms with Gasteiger partial charge < -0.3 is 20.5 Å². The minimum absolute atomic E-state index is 0.128. The second-order valence-corrected chi connectivity index (χ2v) is 9.95. The summed E-state index contributed by atoms with van der Waals surface area (Å²) in [6.45, 7) is 3.50. The summed E-state index contributed by atoms with van der Waals surface area (Å²) in [6.07, 6.45) is 3.54. The highest BCUT2D eigenvalue weighted by atomic mass is 19.1. The summed E-state index contributed by atoms with van der Waals surface area (Å²) in [5.41, 5.74) is 1.62. The Hall–Kier alpha value is -3.53. The van der Waals surface area contributed by atoms with Crippen LogP contribution < -0.4 is 16.5 Å². The minimum atomic E-state index is -1.34. The normalized spacial score (nSPS) is 20.3. The summed E-state index contributed by atoms with van der Waals surface area (Å²) in [4.78, 5) is 31.7. The van der Waals surface area contributed by atoms with E-state index in [1.165, 1.54) is 16.1 Å². The van der Waals surface area contributed by atoms with E-state index >= 15 is 0 Å². The van der Waals surface area contributed by atoms with E-state index in [2.05, 4.69) is 15.6 Å². The van der Waals surface area contributed by atoms with Crippen LogP contribution in [0.25, 0.3) is 0 Å². The number of pyridine rings is 1. The zero-order valence-electron chi connectivity index (χ0n) is 21.1. The van der Waals surface area contributed by atoms with E-state index in [0.29, 0.717) is 16.8 Å². The fraction of sp³-hybridized carbons (Fsp3) is 0.444. The van der Waals surface area contributed by atoms with Gasteiger partial charge in [0.25, 0.3) is 0 Å². The van der Waals surface area contributed by atoms with Gasteiger partial charge in [-0.3, -0.25) is 9.59 Å². The predicted octanol–water partition coefficient (Wildman–Crippen LogP) is 2.89. The third-order valence-corrected chi connectivity index (χ3v) is 6.52. The first-order valence-corrected chi connectivity index (χ1v) is 12.6. The van der Waals surface area contributed by atoms with Crippen molar-refractivity contribution in [1.29, 1.82) is 0 Å². The third-order valence-electron chi connectivity index (χ3n) is 6.52. The Bertz CT molecular complexity index is 1130. The number of hydrazine groups is 1. The molecular weight excluding hydrogens is 478 g/mol. The van der Waals surface area contributed by atoms with Crippen LogP contribution in [0, 0.1) is 5.95 Å². The van der Waals surface area contributed by atoms with Crippen LogP contribution in [0.2, 0.25) is 0 Å². The molecule has 2 fully saturated rings. The van der Waals surface area contributed by atoms with Crippen LogP contribution in [-0.2, 0) is 9.59 Å². The monoisotopic (exact) mass is 512 g/mol. The number of halogens is 2. The number of likely N-dealkylation sites (tertiary alicyclic amines) is 1. The lowest BCUT2D eigenvalue weighted by atomic mass is 10.0. The molecule has 2 aromatic rings. The van der Waals surface area contributed by atoms with Gasteiger partial charge in [0.05, 0.1) is 18.3 Å². The molecule has 4 rings (SSSR count). The Labute approximate surface area is 215 Å². The Balaban J connectivity index is 1.50. The molecule has 2 amide bonds. The van der Waals surface area contributed by atoms with Crippen molar-refractivity contribution < 1.29 is 18.4 Å². The molecule has 1 saturated carbocycles. The fourth-order valence-electron chi connectivity index (χ4n) is 4.47. The van der Waals surface area contributed by atoms with Crippen molar-refractivity contribution in [3.05, 3.63) is 77.6 Å². The number of aromatic nitrogens is 1. The first-order chi connectivity index (χ1) is 17.7. The van der Waals surface area contributed by atoms with Crippen molar-refractivity contribution in [2.75, 3.05) is 13.1 Å². The molecule has 2 aliphatic rings. The van der Waals surface area contributed by atoms with Gasteiger partial charge in [-0.25, -0.2) is 15.2 Å². The molecule has 198 valence electrons. The van der Waals surface area contributed by atoms with Crippen LogP contribution in [0.5, 0.6) is 0 Å². The Morgan fingerprint density at radius 3 is 2.59 bits per heavy atom. The number of nitrogens with two attached hydrogens (primary N) is 1. The molecule has 37 heavy (non-hydrogen) atoms. The number of nitrogens with zero attached hydrogens (tertiary/aromatic N) is 3. The molecular formula is C27H34F2N6O2. The summed E-state index contributed by atoms with van der Waals surface area (Å²) < 4.78 is 29.2. The molecule has 3 unspecified atom stereocenters. The SMILES string of the molecule is CC(C)N/C=C\N(N)CC(=O)N1CC(F)CC1C(=O)NC(c1ccccc1)c1ccc(C2CC2)c(F)n1. The van der Waals surface area contributed by atoms with E-state index < -0.39 is 36.0 Å². The van der Waals surface area contributed by atoms with Crippen molar-refractivity contribution in [1.82, 2.24) is 25.5 Å². The zero-order chi connectivity index (χ0) is 26.5. The molecule has 0 radical (unpaired) electrons. The first-order valence-electron chi connectivity index (χ1n) is 12.6. The molecule has 10 heteroatoms. The van der Waals surface area contributed by atoms with Gasteiger partial charge >= 0.3 is 0 Å². The maximum Gasteiger partial charge on any atom is 0.244 e. The lowest BCUT2D eigenvalue weighted by Gasteiger charge is -2.27. The van der Waals surface area contributed by atoms with E-state index in [0.717, 1.165) is 12.8 Å². The summed E-state index contributed by atoms with van der Waals surface area (Å²) in [5.74, 6) is 4.55. The van der Waals surface area contributed by atoms with Gasteiger partial charge in [-0.15, -0.1) is 0 Å². The van der Waals surface area contributed by atoms with Crippen LogP contribution in [-0.4, -0.2) is 58.1 Å². The molecule has 1 aromatic carbocycles. The summed E-state index contributed by atoms with van der Waals surface area (Å²) in [5, 5.41) is 7.11. The van der Waals surface area contributed by atoms with Gasteiger partial charge in [0.1, 0.15) is 18.8 Å². The molecule has 1 aliphatic heterocycles. The standard InChI is InChI=1S/C27H34F2N6O2/c1-17(2)31-12-13-34(30)16-24(36)35-15-20(28)14-23(35)27(37)33-25(19-6-4-3-5-7-19)22-11-10-21(18-8-9-18)26(29)32-22/h3-7,10-13,17-18,20,23,25,31H,8-9,14-16,30H2,1-2H3,(H,33,37)/b13-12-. The summed E-state index contributed by atoms with van der Waals surface area (Å²) in [6, 6.07) is 10.9. The van der Waals surface area contributed by atoms with E-state index in [1.807, 2.05) is 32.0 Å². The lowest BCUT2D eigenvalue weighted by molar-refractivity contribution is -0.139. The van der Waals surface area contributed by atoms with Gasteiger partial charge in [-0.05, 0) is 44.2 Å². The zero-order valence-corrected chi connectivity index (χ0v) is 21.1. The molecule has 1 aromatic heterocycles. The molecule has 0 spiro atoms. The number of nitrogens with one attached hydrogen (secondary N) is 2. The highest BCUT2D eigenvalue weighted by Crippen LogP contribution is 2.41. The number of carbonyl (C=O) groups excluding carboxylic acids is 2. The van der Waals surface area contributed by atoms with Crippen LogP contribution in [0.4, 0.5) is 8.78 Å². The Morgan fingerprint density at radius 1 is 1.22 bits per heavy atom. The van der Waals surface area contributed by atoms with E-state index in [4.69, 9.17) is 5.84 Å². The van der Waals surface area contributed by atoms with E-state index in [1.54, 1.807) is 30.5 Å². The third kappa shape index (κ3) is 6.82. The maximum absolute atomic E-state index is 14.8. The minimum Gasteiger partial charge on any atom is -0.388 e. The number of alkyl halides is 1. The van der Waals surface area contributed by atoms with Crippen molar-refractivity contribution in [2.24, 2.45) is 5.84 Å². The fourth-order valence-corrected chi connectivity index (χ4v) is 4.47. The van der Waals surface area contributed by atoms with Crippen molar-refractivity contribution >= 4 is 11.8 Å². The largest absolute Gasteiger partial charge is 0.388 e. The van der Waals surface area contributed by atoms with Crippen LogP contribution >= 0.6 is 0 Å². The summed E-state index contributed by atoms with van der Waals surface area (Å²) >= 11 is 0. The average Bonchev–Trinajstić information content (AvgIpc) is 3.62. The van der Waals surface area contributed by atoms with E-state index in [9.17, 15) is 18.4 Å².